The molecule has 0 aliphatic carbocycles. The van der Waals surface area contributed by atoms with E-state index in [2.05, 4.69) is 10.3 Å². The molecular weight excluding hydrogens is 310 g/mol. The monoisotopic (exact) mass is 335 g/mol. The van der Waals surface area contributed by atoms with Gasteiger partial charge in [-0.25, -0.2) is 4.98 Å². The van der Waals surface area contributed by atoms with Crippen molar-refractivity contribution in [3.8, 4) is 5.88 Å². The molecule has 0 aromatic carbocycles. The molecule has 1 amide bonds. The molecule has 0 unspecified atom stereocenters. The maximum atomic E-state index is 12.2. The molecule has 2 aliphatic heterocycles. The van der Waals surface area contributed by atoms with Gasteiger partial charge in [-0.3, -0.25) is 9.63 Å². The molecule has 2 fully saturated rings. The van der Waals surface area contributed by atoms with E-state index in [4.69, 9.17) is 14.3 Å². The minimum atomic E-state index is -0.219. The first kappa shape index (κ1) is 17.1. The first-order valence-electron chi connectivity index (χ1n) is 8.64. The van der Waals surface area contributed by atoms with Crippen LogP contribution in [0, 0.1) is 0 Å². The highest BCUT2D eigenvalue weighted by Gasteiger charge is 2.29. The standard InChI is InChI=1S/C17H25N3O4/c21-16(6-10-20-9-3-4-11-23-20)19-14-7-12-22-13-15(14)24-17-5-1-2-8-18-17/h1-2,5,8,14-15H,3-4,6-7,9-13H2,(H,19,21)/t14-,15-/m0/s1. The number of carbonyl (C=O) groups excluding carboxylic acids is 1. The first-order chi connectivity index (χ1) is 11.8. The van der Waals surface area contributed by atoms with Crippen LogP contribution in [0.1, 0.15) is 25.7 Å². The third kappa shape index (κ3) is 5.15. The van der Waals surface area contributed by atoms with Crippen LogP contribution in [0.2, 0.25) is 0 Å². The number of amides is 1. The molecule has 3 rings (SSSR count). The summed E-state index contributed by atoms with van der Waals surface area (Å²) < 4.78 is 11.4. The van der Waals surface area contributed by atoms with Crippen LogP contribution in [0.5, 0.6) is 5.88 Å². The average molecular weight is 335 g/mol. The van der Waals surface area contributed by atoms with Gasteiger partial charge >= 0.3 is 0 Å². The van der Waals surface area contributed by atoms with Crippen molar-refractivity contribution in [2.75, 3.05) is 32.9 Å². The lowest BCUT2D eigenvalue weighted by Crippen LogP contribution is -2.51. The molecular formula is C17H25N3O4. The number of carbonyl (C=O) groups is 1. The summed E-state index contributed by atoms with van der Waals surface area (Å²) in [5, 5.41) is 4.96. The fourth-order valence-electron chi connectivity index (χ4n) is 2.89. The molecule has 1 aromatic rings. The summed E-state index contributed by atoms with van der Waals surface area (Å²) in [6.07, 6.45) is 4.85. The lowest BCUT2D eigenvalue weighted by atomic mass is 10.1. The molecule has 24 heavy (non-hydrogen) atoms. The number of hydroxylamine groups is 2. The van der Waals surface area contributed by atoms with Gasteiger partial charge < -0.3 is 14.8 Å². The molecule has 132 valence electrons. The first-order valence-corrected chi connectivity index (χ1v) is 8.64. The van der Waals surface area contributed by atoms with Crippen LogP contribution in [-0.2, 0) is 14.4 Å². The van der Waals surface area contributed by atoms with Crippen molar-refractivity contribution in [1.82, 2.24) is 15.4 Å². The summed E-state index contributed by atoms with van der Waals surface area (Å²) in [5.41, 5.74) is 0. The Morgan fingerprint density at radius 2 is 2.33 bits per heavy atom. The van der Waals surface area contributed by atoms with Gasteiger partial charge in [0.15, 0.2) is 0 Å². The van der Waals surface area contributed by atoms with Crippen LogP contribution in [0.4, 0.5) is 0 Å². The molecule has 1 N–H and O–H groups in total. The summed E-state index contributed by atoms with van der Waals surface area (Å²) >= 11 is 0. The van der Waals surface area contributed by atoms with Gasteiger partial charge in [-0.05, 0) is 25.3 Å². The van der Waals surface area contributed by atoms with Crippen molar-refractivity contribution in [3.05, 3.63) is 24.4 Å². The van der Waals surface area contributed by atoms with Crippen molar-refractivity contribution in [2.45, 2.75) is 37.8 Å². The molecule has 3 heterocycles. The highest BCUT2D eigenvalue weighted by atomic mass is 16.7. The minimum Gasteiger partial charge on any atom is -0.470 e. The smallest absolute Gasteiger partial charge is 0.221 e. The molecule has 1 aromatic heterocycles. The summed E-state index contributed by atoms with van der Waals surface area (Å²) in [4.78, 5) is 21.9. The summed E-state index contributed by atoms with van der Waals surface area (Å²) in [7, 11) is 0. The SMILES string of the molecule is O=C(CCN1CCCCO1)N[C@H]1CCOC[C@@H]1Oc1ccccn1. The van der Waals surface area contributed by atoms with Gasteiger partial charge in [0.05, 0.1) is 19.3 Å². The van der Waals surface area contributed by atoms with E-state index in [1.165, 1.54) is 0 Å². The van der Waals surface area contributed by atoms with E-state index >= 15 is 0 Å². The van der Waals surface area contributed by atoms with Crippen LogP contribution < -0.4 is 10.1 Å². The van der Waals surface area contributed by atoms with Crippen molar-refractivity contribution in [1.29, 1.82) is 0 Å². The predicted octanol–water partition coefficient (Wildman–Crippen LogP) is 1.15. The van der Waals surface area contributed by atoms with Crippen molar-refractivity contribution in [2.24, 2.45) is 0 Å². The van der Waals surface area contributed by atoms with Crippen LogP contribution in [-0.4, -0.2) is 61.0 Å². The van der Waals surface area contributed by atoms with E-state index in [0.717, 1.165) is 32.4 Å². The highest BCUT2D eigenvalue weighted by molar-refractivity contribution is 5.76. The van der Waals surface area contributed by atoms with Gasteiger partial charge in [0, 0.05) is 38.4 Å². The van der Waals surface area contributed by atoms with Crippen LogP contribution in [0.25, 0.3) is 0 Å². The Balaban J connectivity index is 1.46. The zero-order valence-electron chi connectivity index (χ0n) is 13.9. The lowest BCUT2D eigenvalue weighted by molar-refractivity contribution is -0.181. The lowest BCUT2D eigenvalue weighted by Gasteiger charge is -2.32. The second kappa shape index (κ2) is 8.96. The van der Waals surface area contributed by atoms with Gasteiger partial charge in [-0.15, -0.1) is 0 Å². The third-order valence-electron chi connectivity index (χ3n) is 4.22. The summed E-state index contributed by atoms with van der Waals surface area (Å²) in [5.74, 6) is 0.569. The van der Waals surface area contributed by atoms with E-state index in [1.807, 2.05) is 17.2 Å². The zero-order valence-corrected chi connectivity index (χ0v) is 13.9. The molecule has 0 saturated carbocycles. The van der Waals surface area contributed by atoms with E-state index in [0.29, 0.717) is 32.1 Å². The number of hydrogen-bond acceptors (Lipinski definition) is 6. The number of aromatic nitrogens is 1. The second-order valence-electron chi connectivity index (χ2n) is 6.08. The summed E-state index contributed by atoms with van der Waals surface area (Å²) in [6, 6.07) is 5.46. The topological polar surface area (TPSA) is 72.9 Å². The normalized spacial score (nSPS) is 25.2. The van der Waals surface area contributed by atoms with Crippen molar-refractivity contribution >= 4 is 5.91 Å². The fraction of sp³-hybridized carbons (Fsp3) is 0.647. The Bertz CT molecular complexity index is 508. The molecule has 0 bridgehead atoms. The Morgan fingerprint density at radius 1 is 1.38 bits per heavy atom. The van der Waals surface area contributed by atoms with Crippen LogP contribution in [0.15, 0.2) is 24.4 Å². The Kier molecular flexibility index (Phi) is 6.40. The van der Waals surface area contributed by atoms with Crippen LogP contribution in [0.3, 0.4) is 0 Å². The maximum Gasteiger partial charge on any atom is 0.221 e. The molecule has 2 atom stereocenters. The molecule has 0 spiro atoms. The maximum absolute atomic E-state index is 12.2. The minimum absolute atomic E-state index is 0.0192. The number of rotatable bonds is 6. The Morgan fingerprint density at radius 3 is 3.12 bits per heavy atom. The second-order valence-corrected chi connectivity index (χ2v) is 6.08. The van der Waals surface area contributed by atoms with E-state index in [1.54, 1.807) is 12.3 Å². The van der Waals surface area contributed by atoms with E-state index in [-0.39, 0.29) is 18.1 Å². The van der Waals surface area contributed by atoms with Gasteiger partial charge in [0.1, 0.15) is 6.10 Å². The summed E-state index contributed by atoms with van der Waals surface area (Å²) in [6.45, 7) is 3.36. The van der Waals surface area contributed by atoms with Gasteiger partial charge in [-0.1, -0.05) is 6.07 Å². The largest absolute Gasteiger partial charge is 0.470 e. The average Bonchev–Trinajstić information content (AvgIpc) is 2.63. The quantitative estimate of drug-likeness (QED) is 0.841. The zero-order chi connectivity index (χ0) is 16.6. The number of nitrogens with one attached hydrogen (secondary N) is 1. The van der Waals surface area contributed by atoms with Gasteiger partial charge in [-0.2, -0.15) is 5.06 Å². The molecule has 7 nitrogen and oxygen atoms in total. The number of pyridine rings is 1. The highest BCUT2D eigenvalue weighted by Crippen LogP contribution is 2.15. The van der Waals surface area contributed by atoms with E-state index < -0.39 is 0 Å². The third-order valence-corrected chi connectivity index (χ3v) is 4.22. The molecule has 2 saturated heterocycles. The number of nitrogens with zero attached hydrogens (tertiary/aromatic N) is 2. The predicted molar refractivity (Wildman–Crippen MR) is 87.4 cm³/mol. The van der Waals surface area contributed by atoms with E-state index in [9.17, 15) is 4.79 Å². The Labute approximate surface area is 142 Å². The van der Waals surface area contributed by atoms with Gasteiger partial charge in [0.25, 0.3) is 0 Å². The molecule has 2 aliphatic rings. The van der Waals surface area contributed by atoms with Crippen molar-refractivity contribution in [3.63, 3.8) is 0 Å². The Hall–Kier alpha value is -1.70. The van der Waals surface area contributed by atoms with Crippen molar-refractivity contribution < 1.29 is 19.1 Å². The van der Waals surface area contributed by atoms with Crippen LogP contribution >= 0.6 is 0 Å². The fourth-order valence-corrected chi connectivity index (χ4v) is 2.89. The number of hydrogen-bond donors (Lipinski definition) is 1. The molecule has 0 radical (unpaired) electrons. The molecule has 7 heteroatoms. The number of ether oxygens (including phenoxy) is 2. The van der Waals surface area contributed by atoms with Gasteiger partial charge in [0.2, 0.25) is 11.8 Å².